The van der Waals surface area contributed by atoms with Gasteiger partial charge in [-0.05, 0) is 0 Å². The van der Waals surface area contributed by atoms with Crippen LogP contribution in [0.15, 0.2) is 12.5 Å². The lowest BCUT2D eigenvalue weighted by Gasteiger charge is -2.08. The van der Waals surface area contributed by atoms with Crippen molar-refractivity contribution in [2.45, 2.75) is 6.61 Å². The molecule has 1 N–H and O–H groups in total. The molecule has 0 atom stereocenters. The maximum Gasteiger partial charge on any atom is 0.328 e. The van der Waals surface area contributed by atoms with Gasteiger partial charge in [-0.25, -0.2) is 9.78 Å². The fourth-order valence-corrected chi connectivity index (χ4v) is 0.781. The summed E-state index contributed by atoms with van der Waals surface area (Å²) in [6.07, 6.45) is 2.89. The predicted molar refractivity (Wildman–Crippen MR) is 42.6 cm³/mol. The lowest BCUT2D eigenvalue weighted by Crippen LogP contribution is -2.26. The van der Waals surface area contributed by atoms with E-state index < -0.39 is 0 Å². The quantitative estimate of drug-likeness (QED) is 0.639. The zero-order chi connectivity index (χ0) is 9.14. The summed E-state index contributed by atoms with van der Waals surface area (Å²) in [6, 6.07) is -0.179. The summed E-state index contributed by atoms with van der Waals surface area (Å²) in [6.45, 7) is -0.145. The van der Waals surface area contributed by atoms with Crippen molar-refractivity contribution in [2.75, 3.05) is 14.1 Å². The highest BCUT2D eigenvalue weighted by atomic mass is 16.3. The fourth-order valence-electron chi connectivity index (χ4n) is 0.781. The number of imidazole rings is 1. The lowest BCUT2D eigenvalue weighted by atomic mass is 10.5. The largest absolute Gasteiger partial charge is 0.390 e. The number of hydrogen-bond acceptors (Lipinski definition) is 3. The fraction of sp³-hybridized carbons (Fsp3) is 0.429. The molecule has 0 fully saturated rings. The van der Waals surface area contributed by atoms with Crippen molar-refractivity contribution in [3.8, 4) is 0 Å². The molecular formula is C7H11N3O2. The van der Waals surface area contributed by atoms with Gasteiger partial charge in [0, 0.05) is 20.3 Å². The second kappa shape index (κ2) is 3.36. The van der Waals surface area contributed by atoms with Gasteiger partial charge in [0.2, 0.25) is 0 Å². The molecule has 12 heavy (non-hydrogen) atoms. The predicted octanol–water partition coefficient (Wildman–Crippen LogP) is -0.0949. The summed E-state index contributed by atoms with van der Waals surface area (Å²) in [7, 11) is 3.31. The van der Waals surface area contributed by atoms with E-state index in [1.54, 1.807) is 14.1 Å². The number of carbonyl (C=O) groups excluding carboxylic acids is 1. The van der Waals surface area contributed by atoms with E-state index in [1.807, 2.05) is 0 Å². The molecule has 1 aromatic heterocycles. The first-order valence-corrected chi connectivity index (χ1v) is 3.50. The van der Waals surface area contributed by atoms with Crippen LogP contribution in [-0.4, -0.2) is 39.7 Å². The Balaban J connectivity index is 2.82. The Labute approximate surface area is 70.2 Å². The molecule has 0 saturated carbocycles. The van der Waals surface area contributed by atoms with E-state index in [-0.39, 0.29) is 12.6 Å². The Kier molecular flexibility index (Phi) is 2.44. The van der Waals surface area contributed by atoms with Crippen LogP contribution in [0.1, 0.15) is 5.69 Å². The number of amides is 1. The maximum atomic E-state index is 11.2. The molecule has 0 aliphatic carbocycles. The molecule has 0 spiro atoms. The van der Waals surface area contributed by atoms with Crippen LogP contribution in [0.4, 0.5) is 4.79 Å². The molecule has 5 heteroatoms. The van der Waals surface area contributed by atoms with Crippen molar-refractivity contribution in [1.82, 2.24) is 14.5 Å². The van der Waals surface area contributed by atoms with Crippen LogP contribution in [0.5, 0.6) is 0 Å². The van der Waals surface area contributed by atoms with E-state index in [1.165, 1.54) is 22.0 Å². The molecule has 0 saturated heterocycles. The third-order valence-corrected chi connectivity index (χ3v) is 1.40. The van der Waals surface area contributed by atoms with E-state index >= 15 is 0 Å². The Morgan fingerprint density at radius 2 is 2.42 bits per heavy atom. The summed E-state index contributed by atoms with van der Waals surface area (Å²) in [5.74, 6) is 0. The average Bonchev–Trinajstić information content (AvgIpc) is 2.50. The highest BCUT2D eigenvalue weighted by molar-refractivity contribution is 5.76. The second-order valence-electron chi connectivity index (χ2n) is 2.61. The second-order valence-corrected chi connectivity index (χ2v) is 2.61. The molecule has 66 valence electrons. The summed E-state index contributed by atoms with van der Waals surface area (Å²) >= 11 is 0. The Morgan fingerprint density at radius 3 is 2.83 bits per heavy atom. The van der Waals surface area contributed by atoms with Crippen molar-refractivity contribution < 1.29 is 9.90 Å². The normalized spacial score (nSPS) is 9.92. The molecular weight excluding hydrogens is 158 g/mol. The number of aliphatic hydroxyl groups is 1. The molecule has 0 aromatic carbocycles. The van der Waals surface area contributed by atoms with Crippen molar-refractivity contribution in [3.05, 3.63) is 18.2 Å². The van der Waals surface area contributed by atoms with Gasteiger partial charge in [-0.15, -0.1) is 0 Å². The molecule has 0 unspecified atom stereocenters. The van der Waals surface area contributed by atoms with Gasteiger partial charge >= 0.3 is 6.03 Å². The first-order chi connectivity index (χ1) is 5.65. The molecule has 5 nitrogen and oxygen atoms in total. The first kappa shape index (κ1) is 8.73. The standard InChI is InChI=1S/C7H11N3O2/c1-9(2)7(12)10-3-6(4-11)8-5-10/h3,5,11H,4H2,1-2H3. The third kappa shape index (κ3) is 1.62. The topological polar surface area (TPSA) is 58.4 Å². The summed E-state index contributed by atoms with van der Waals surface area (Å²) in [5.41, 5.74) is 0.491. The molecule has 0 aliphatic heterocycles. The van der Waals surface area contributed by atoms with Gasteiger partial charge in [0.05, 0.1) is 12.3 Å². The van der Waals surface area contributed by atoms with Crippen molar-refractivity contribution >= 4 is 6.03 Å². The minimum atomic E-state index is -0.179. The van der Waals surface area contributed by atoms with E-state index in [0.717, 1.165) is 0 Å². The number of aliphatic hydroxyl groups excluding tert-OH is 1. The lowest BCUT2D eigenvalue weighted by molar-refractivity contribution is 0.219. The number of rotatable bonds is 1. The smallest absolute Gasteiger partial charge is 0.328 e. The van der Waals surface area contributed by atoms with Gasteiger partial charge < -0.3 is 10.0 Å². The SMILES string of the molecule is CN(C)C(=O)n1cnc(CO)c1. The van der Waals surface area contributed by atoms with Gasteiger partial charge in [-0.2, -0.15) is 0 Å². The zero-order valence-corrected chi connectivity index (χ0v) is 7.06. The Bertz CT molecular complexity index is 280. The van der Waals surface area contributed by atoms with Crippen molar-refractivity contribution in [1.29, 1.82) is 0 Å². The first-order valence-electron chi connectivity index (χ1n) is 3.50. The third-order valence-electron chi connectivity index (χ3n) is 1.40. The highest BCUT2D eigenvalue weighted by Crippen LogP contribution is 1.96. The molecule has 1 aromatic rings. The van der Waals surface area contributed by atoms with Crippen LogP contribution < -0.4 is 0 Å². The average molecular weight is 169 g/mol. The van der Waals surface area contributed by atoms with E-state index in [2.05, 4.69) is 4.98 Å². The molecule has 0 aliphatic rings. The minimum absolute atomic E-state index is 0.145. The highest BCUT2D eigenvalue weighted by Gasteiger charge is 2.06. The minimum Gasteiger partial charge on any atom is -0.390 e. The zero-order valence-electron chi connectivity index (χ0n) is 7.06. The van der Waals surface area contributed by atoms with Gasteiger partial charge in [0.1, 0.15) is 6.33 Å². The van der Waals surface area contributed by atoms with Gasteiger partial charge in [-0.3, -0.25) is 4.57 Å². The molecule has 1 rings (SSSR count). The summed E-state index contributed by atoms with van der Waals surface area (Å²) < 4.78 is 1.32. The van der Waals surface area contributed by atoms with Crippen molar-refractivity contribution in [3.63, 3.8) is 0 Å². The maximum absolute atomic E-state index is 11.2. The van der Waals surface area contributed by atoms with Crippen LogP contribution >= 0.6 is 0 Å². The number of aromatic nitrogens is 2. The van der Waals surface area contributed by atoms with Crippen LogP contribution in [0, 0.1) is 0 Å². The molecule has 0 bridgehead atoms. The summed E-state index contributed by atoms with van der Waals surface area (Å²) in [5, 5.41) is 8.67. The van der Waals surface area contributed by atoms with Crippen LogP contribution in [-0.2, 0) is 6.61 Å². The molecule has 1 amide bonds. The Hall–Kier alpha value is -1.36. The van der Waals surface area contributed by atoms with Gasteiger partial charge in [-0.1, -0.05) is 0 Å². The number of hydrogen-bond donors (Lipinski definition) is 1. The molecule has 0 radical (unpaired) electrons. The van der Waals surface area contributed by atoms with Gasteiger partial charge in [0.15, 0.2) is 0 Å². The van der Waals surface area contributed by atoms with Crippen LogP contribution in [0.25, 0.3) is 0 Å². The van der Waals surface area contributed by atoms with Crippen molar-refractivity contribution in [2.24, 2.45) is 0 Å². The van der Waals surface area contributed by atoms with E-state index in [9.17, 15) is 4.79 Å². The number of carbonyl (C=O) groups is 1. The summed E-state index contributed by atoms with van der Waals surface area (Å²) in [4.78, 5) is 16.5. The number of nitrogens with zero attached hydrogens (tertiary/aromatic N) is 3. The molecule has 1 heterocycles. The Morgan fingerprint density at radius 1 is 1.75 bits per heavy atom. The van der Waals surface area contributed by atoms with E-state index in [0.29, 0.717) is 5.69 Å². The van der Waals surface area contributed by atoms with Gasteiger partial charge in [0.25, 0.3) is 0 Å². The van der Waals surface area contributed by atoms with E-state index in [4.69, 9.17) is 5.11 Å². The van der Waals surface area contributed by atoms with Crippen LogP contribution in [0.3, 0.4) is 0 Å². The van der Waals surface area contributed by atoms with Crippen LogP contribution in [0.2, 0.25) is 0 Å². The monoisotopic (exact) mass is 169 g/mol.